The number of benzene rings is 5. The number of carbonyl (C=O) groups is 1. The molecule has 6 rings (SSSR count). The number of alkyl halides is 6. The molecule has 46 heavy (non-hydrogen) atoms. The van der Waals surface area contributed by atoms with E-state index in [1.165, 1.54) is 5.39 Å². The number of thiocarbonyl (C=S) groups is 1. The Morgan fingerprint density at radius 2 is 1.39 bits per heavy atom. The molecule has 0 radical (unpaired) electrons. The van der Waals surface area contributed by atoms with Crippen LogP contribution in [0.4, 0.5) is 32.0 Å². The lowest BCUT2D eigenvalue weighted by Crippen LogP contribution is -2.55. The predicted octanol–water partition coefficient (Wildman–Crippen LogP) is 9.69. The van der Waals surface area contributed by atoms with Crippen molar-refractivity contribution in [2.75, 3.05) is 11.9 Å². The molecule has 1 fully saturated rings. The van der Waals surface area contributed by atoms with Crippen molar-refractivity contribution < 1.29 is 31.1 Å². The number of nitrogens with zero attached hydrogens (tertiary/aromatic N) is 1. The highest BCUT2D eigenvalue weighted by Gasteiger charge is 2.41. The van der Waals surface area contributed by atoms with E-state index in [1.807, 2.05) is 31.7 Å². The minimum atomic E-state index is -5.01. The van der Waals surface area contributed by atoms with Crippen molar-refractivity contribution in [3.05, 3.63) is 89.5 Å². The van der Waals surface area contributed by atoms with Gasteiger partial charge < -0.3 is 15.5 Å². The largest absolute Gasteiger partial charge is 0.416 e. The quantitative estimate of drug-likeness (QED) is 0.115. The SMILES string of the molecule is CC(C)(C)[C@H](NC(=S)Nc1cc(C(F)(F)F)cc(C(F)(F)F)c1)C(=O)N1CCC[C@@H]1c1ccc2ccc3cccc4ccc1c2c34. The van der Waals surface area contributed by atoms with Crippen LogP contribution in [-0.4, -0.2) is 28.5 Å². The average Bonchev–Trinajstić information content (AvgIpc) is 3.46. The maximum absolute atomic E-state index is 14.3. The van der Waals surface area contributed by atoms with Gasteiger partial charge in [-0.1, -0.05) is 75.4 Å². The molecule has 0 unspecified atom stereocenters. The number of carbonyl (C=O) groups excluding carboxylic acids is 1. The first kappa shape index (κ1) is 31.8. The molecule has 0 bridgehead atoms. The van der Waals surface area contributed by atoms with Gasteiger partial charge in [-0.15, -0.1) is 0 Å². The maximum Gasteiger partial charge on any atom is 0.416 e. The van der Waals surface area contributed by atoms with Crippen LogP contribution in [-0.2, 0) is 17.1 Å². The Balaban J connectivity index is 1.30. The van der Waals surface area contributed by atoms with Gasteiger partial charge in [0.05, 0.1) is 17.2 Å². The number of anilines is 1. The van der Waals surface area contributed by atoms with Crippen LogP contribution in [0.25, 0.3) is 32.3 Å². The molecule has 11 heteroatoms. The smallest absolute Gasteiger partial charge is 0.350 e. The van der Waals surface area contributed by atoms with E-state index in [2.05, 4.69) is 59.2 Å². The number of likely N-dealkylation sites (tertiary alicyclic amines) is 1. The van der Waals surface area contributed by atoms with Gasteiger partial charge in [-0.05, 0) is 86.6 Å². The summed E-state index contributed by atoms with van der Waals surface area (Å²) in [4.78, 5) is 16.1. The summed E-state index contributed by atoms with van der Waals surface area (Å²) in [6.07, 6.45) is -8.51. The van der Waals surface area contributed by atoms with Crippen LogP contribution in [0.1, 0.15) is 56.3 Å². The van der Waals surface area contributed by atoms with Gasteiger partial charge in [-0.25, -0.2) is 0 Å². The molecule has 0 spiro atoms. The first-order valence-corrected chi connectivity index (χ1v) is 15.3. The van der Waals surface area contributed by atoms with Crippen LogP contribution in [0.3, 0.4) is 0 Å². The highest BCUT2D eigenvalue weighted by atomic mass is 32.1. The van der Waals surface area contributed by atoms with Gasteiger partial charge in [0.2, 0.25) is 5.91 Å². The fourth-order valence-corrected chi connectivity index (χ4v) is 6.78. The van der Waals surface area contributed by atoms with Crippen molar-refractivity contribution in [2.45, 2.75) is 58.0 Å². The topological polar surface area (TPSA) is 44.4 Å². The number of nitrogens with one attached hydrogen (secondary N) is 2. The Morgan fingerprint density at radius 3 is 1.98 bits per heavy atom. The zero-order chi connectivity index (χ0) is 33.2. The summed E-state index contributed by atoms with van der Waals surface area (Å²) in [5.74, 6) is -0.259. The van der Waals surface area contributed by atoms with Crippen LogP contribution in [0.5, 0.6) is 0 Å². The van der Waals surface area contributed by atoms with Crippen LogP contribution in [0.2, 0.25) is 0 Å². The molecule has 1 amide bonds. The number of halogens is 6. The van der Waals surface area contributed by atoms with E-state index in [1.54, 1.807) is 0 Å². The molecule has 1 aliphatic heterocycles. The normalized spacial score (nSPS) is 16.8. The van der Waals surface area contributed by atoms with E-state index in [0.717, 1.165) is 45.3 Å². The Hall–Kier alpha value is -4.12. The lowest BCUT2D eigenvalue weighted by atomic mass is 9.85. The van der Waals surface area contributed by atoms with Crippen molar-refractivity contribution in [1.82, 2.24) is 10.2 Å². The Bertz CT molecular complexity index is 1910. The molecule has 1 aliphatic rings. The zero-order valence-electron chi connectivity index (χ0n) is 25.2. The van der Waals surface area contributed by atoms with Crippen LogP contribution in [0.15, 0.2) is 72.8 Å². The van der Waals surface area contributed by atoms with E-state index in [4.69, 9.17) is 12.2 Å². The number of hydrogen-bond acceptors (Lipinski definition) is 2. The highest BCUT2D eigenvalue weighted by Crippen LogP contribution is 2.42. The molecule has 0 aromatic heterocycles. The molecule has 1 heterocycles. The molecule has 2 N–H and O–H groups in total. The minimum absolute atomic E-state index is 0.0511. The summed E-state index contributed by atoms with van der Waals surface area (Å²) in [6, 6.07) is 18.7. The summed E-state index contributed by atoms with van der Waals surface area (Å²) in [5.41, 5.74) is -3.13. The summed E-state index contributed by atoms with van der Waals surface area (Å²) in [7, 11) is 0. The second-order valence-corrected chi connectivity index (χ2v) is 13.3. The molecular formula is C35H31F6N3OS. The standard InChI is InChI=1S/C35H31F6N3OS/c1-33(2,3)30(43-32(46)42-24-17-22(34(36,37)38)16-23(18-24)35(39,40)41)31(45)44-15-5-8-27(44)25-13-11-21-10-9-19-6-4-7-20-12-14-26(25)29(21)28(19)20/h4,6-7,9-14,16-18,27,30H,5,8,15H2,1-3H3,(H2,42,43,46)/t27-,30-/m1/s1. The van der Waals surface area contributed by atoms with Crippen molar-refractivity contribution in [2.24, 2.45) is 5.41 Å². The van der Waals surface area contributed by atoms with Gasteiger partial charge in [-0.2, -0.15) is 26.3 Å². The van der Waals surface area contributed by atoms with Gasteiger partial charge in [-0.3, -0.25) is 4.79 Å². The summed E-state index contributed by atoms with van der Waals surface area (Å²) >= 11 is 5.35. The minimum Gasteiger partial charge on any atom is -0.350 e. The molecule has 4 nitrogen and oxygen atoms in total. The van der Waals surface area contributed by atoms with Gasteiger partial charge in [0.15, 0.2) is 5.11 Å². The van der Waals surface area contributed by atoms with E-state index in [9.17, 15) is 31.1 Å². The van der Waals surface area contributed by atoms with E-state index in [-0.39, 0.29) is 23.1 Å². The third kappa shape index (κ3) is 5.92. The number of hydrogen-bond donors (Lipinski definition) is 2. The van der Waals surface area contributed by atoms with E-state index < -0.39 is 40.6 Å². The van der Waals surface area contributed by atoms with Crippen molar-refractivity contribution >= 4 is 61.2 Å². The molecule has 1 saturated heterocycles. The monoisotopic (exact) mass is 655 g/mol. The summed E-state index contributed by atoms with van der Waals surface area (Å²) < 4.78 is 80.5. The predicted molar refractivity (Wildman–Crippen MR) is 173 cm³/mol. The lowest BCUT2D eigenvalue weighted by Gasteiger charge is -2.37. The molecule has 5 aromatic carbocycles. The van der Waals surface area contributed by atoms with Gasteiger partial charge in [0.25, 0.3) is 0 Å². The number of rotatable bonds is 4. The van der Waals surface area contributed by atoms with Gasteiger partial charge >= 0.3 is 12.4 Å². The van der Waals surface area contributed by atoms with Crippen LogP contribution < -0.4 is 10.6 Å². The van der Waals surface area contributed by atoms with Crippen molar-refractivity contribution in [3.8, 4) is 0 Å². The Morgan fingerprint density at radius 1 is 0.826 bits per heavy atom. The molecule has 2 atom stereocenters. The molecule has 0 aliphatic carbocycles. The maximum atomic E-state index is 14.3. The third-order valence-electron chi connectivity index (χ3n) is 8.69. The first-order chi connectivity index (χ1) is 21.5. The summed E-state index contributed by atoms with van der Waals surface area (Å²) in [5, 5.41) is 11.9. The molecule has 5 aromatic rings. The molecule has 240 valence electrons. The van der Waals surface area contributed by atoms with E-state index in [0.29, 0.717) is 18.7 Å². The Labute approximate surface area is 267 Å². The van der Waals surface area contributed by atoms with Crippen LogP contribution in [0, 0.1) is 5.41 Å². The average molecular weight is 656 g/mol. The highest BCUT2D eigenvalue weighted by molar-refractivity contribution is 7.80. The third-order valence-corrected chi connectivity index (χ3v) is 8.91. The summed E-state index contributed by atoms with van der Waals surface area (Å²) in [6.45, 7) is 5.94. The van der Waals surface area contributed by atoms with Crippen molar-refractivity contribution in [1.29, 1.82) is 0 Å². The fourth-order valence-electron chi connectivity index (χ4n) is 6.54. The molecular weight excluding hydrogens is 624 g/mol. The zero-order valence-corrected chi connectivity index (χ0v) is 26.1. The second-order valence-electron chi connectivity index (χ2n) is 12.9. The van der Waals surface area contributed by atoms with Gasteiger partial charge in [0, 0.05) is 12.2 Å². The Kier molecular flexibility index (Phi) is 7.82. The van der Waals surface area contributed by atoms with Gasteiger partial charge in [0.1, 0.15) is 6.04 Å². The number of amides is 1. The molecule has 0 saturated carbocycles. The fraction of sp³-hybridized carbons (Fsp3) is 0.314. The first-order valence-electron chi connectivity index (χ1n) is 14.9. The van der Waals surface area contributed by atoms with E-state index >= 15 is 0 Å². The lowest BCUT2D eigenvalue weighted by molar-refractivity contribution is -0.143. The second kappa shape index (κ2) is 11.3. The van der Waals surface area contributed by atoms with Crippen LogP contribution >= 0.6 is 12.2 Å². The van der Waals surface area contributed by atoms with Crippen molar-refractivity contribution in [3.63, 3.8) is 0 Å².